The molecule has 1 unspecified atom stereocenters. The molecule has 1 aliphatic heterocycles. The molecular formula is C17H24Cl2N4O2. The fourth-order valence-corrected chi connectivity index (χ4v) is 2.92. The molecule has 8 heteroatoms. The Morgan fingerprint density at radius 2 is 2.20 bits per heavy atom. The minimum Gasteiger partial charge on any atom is -0.487 e. The number of nitrogens with zero attached hydrogens (tertiary/aromatic N) is 2. The summed E-state index contributed by atoms with van der Waals surface area (Å²) >= 11 is 0. The number of imidazole rings is 1. The van der Waals surface area contributed by atoms with E-state index in [0.29, 0.717) is 25.1 Å². The highest BCUT2D eigenvalue weighted by Gasteiger charge is 2.34. The van der Waals surface area contributed by atoms with E-state index >= 15 is 0 Å². The molecule has 0 aliphatic carbocycles. The number of nitrogen functional groups attached to an aromatic ring is 1. The highest BCUT2D eigenvalue weighted by molar-refractivity contribution is 5.85. The number of carbonyl (C=O) groups is 1. The molecule has 0 saturated carbocycles. The lowest BCUT2D eigenvalue weighted by Gasteiger charge is -2.38. The topological polar surface area (TPSA) is 82.2 Å². The number of hydrogen-bond acceptors (Lipinski definition) is 4. The third kappa shape index (κ3) is 5.28. The van der Waals surface area contributed by atoms with Gasteiger partial charge in [0.1, 0.15) is 11.4 Å². The van der Waals surface area contributed by atoms with E-state index in [1.165, 1.54) is 0 Å². The van der Waals surface area contributed by atoms with E-state index in [-0.39, 0.29) is 42.4 Å². The minimum atomic E-state index is -0.328. The van der Waals surface area contributed by atoms with Crippen LogP contribution in [0.2, 0.25) is 0 Å². The summed E-state index contributed by atoms with van der Waals surface area (Å²) in [5.41, 5.74) is 7.17. The molecule has 2 heterocycles. The van der Waals surface area contributed by atoms with Crippen molar-refractivity contribution in [3.63, 3.8) is 0 Å². The van der Waals surface area contributed by atoms with Crippen LogP contribution < -0.4 is 15.8 Å². The van der Waals surface area contributed by atoms with Crippen LogP contribution >= 0.6 is 24.8 Å². The van der Waals surface area contributed by atoms with E-state index < -0.39 is 0 Å². The maximum atomic E-state index is 12.3. The largest absolute Gasteiger partial charge is 0.487 e. The Kier molecular flexibility index (Phi) is 7.14. The summed E-state index contributed by atoms with van der Waals surface area (Å²) in [5, 5.41) is 3.11. The van der Waals surface area contributed by atoms with Crippen LogP contribution in [0.3, 0.4) is 0 Å². The Bertz CT molecular complexity index is 705. The molecule has 0 fully saturated rings. The number of fused-ring (bicyclic) bond motifs is 1. The fourth-order valence-electron chi connectivity index (χ4n) is 2.92. The van der Waals surface area contributed by atoms with Gasteiger partial charge in [-0.25, -0.2) is 4.98 Å². The molecule has 3 rings (SSSR count). The first kappa shape index (κ1) is 21.1. The van der Waals surface area contributed by atoms with Gasteiger partial charge in [0.05, 0.1) is 12.4 Å². The highest BCUT2D eigenvalue weighted by atomic mass is 35.5. The van der Waals surface area contributed by atoms with E-state index in [1.54, 1.807) is 12.5 Å². The van der Waals surface area contributed by atoms with Crippen LogP contribution in [0.5, 0.6) is 5.75 Å². The van der Waals surface area contributed by atoms with Crippen molar-refractivity contribution in [2.75, 3.05) is 5.73 Å². The molecule has 1 aromatic heterocycles. The molecule has 0 saturated heterocycles. The predicted octanol–water partition coefficient (Wildman–Crippen LogP) is 3.12. The van der Waals surface area contributed by atoms with Crippen LogP contribution in [0.4, 0.5) is 5.69 Å². The quantitative estimate of drug-likeness (QED) is 0.790. The zero-order valence-electron chi connectivity index (χ0n) is 14.3. The first-order valence-electron chi connectivity index (χ1n) is 7.76. The highest BCUT2D eigenvalue weighted by Crippen LogP contribution is 2.40. The number of anilines is 1. The Balaban J connectivity index is 0.00000156. The molecule has 1 atom stereocenters. The number of amides is 1. The zero-order valence-corrected chi connectivity index (χ0v) is 15.9. The van der Waals surface area contributed by atoms with Crippen molar-refractivity contribution in [3.8, 4) is 5.75 Å². The molecule has 0 radical (unpaired) electrons. The molecule has 25 heavy (non-hydrogen) atoms. The Labute approximate surface area is 160 Å². The van der Waals surface area contributed by atoms with Crippen molar-refractivity contribution >= 4 is 36.4 Å². The lowest BCUT2D eigenvalue weighted by molar-refractivity contribution is -0.122. The Hall–Kier alpha value is -1.92. The van der Waals surface area contributed by atoms with Gasteiger partial charge in [-0.3, -0.25) is 4.79 Å². The molecule has 0 spiro atoms. The van der Waals surface area contributed by atoms with Crippen molar-refractivity contribution in [1.29, 1.82) is 0 Å². The smallest absolute Gasteiger partial charge is 0.222 e. The van der Waals surface area contributed by atoms with Gasteiger partial charge >= 0.3 is 0 Å². The van der Waals surface area contributed by atoms with Gasteiger partial charge in [-0.05, 0) is 32.0 Å². The predicted molar refractivity (Wildman–Crippen MR) is 102 cm³/mol. The van der Waals surface area contributed by atoms with Gasteiger partial charge in [0.25, 0.3) is 0 Å². The lowest BCUT2D eigenvalue weighted by Crippen LogP contribution is -2.41. The second kappa shape index (κ2) is 8.45. The van der Waals surface area contributed by atoms with E-state index in [9.17, 15) is 4.79 Å². The third-order valence-electron chi connectivity index (χ3n) is 3.98. The first-order chi connectivity index (χ1) is 10.9. The van der Waals surface area contributed by atoms with Gasteiger partial charge in [-0.1, -0.05) is 0 Å². The van der Waals surface area contributed by atoms with Crippen molar-refractivity contribution in [1.82, 2.24) is 14.9 Å². The standard InChI is InChI=1S/C17H22N4O2.2ClH/c1-17(2)10-14(13-9-12(18)3-4-15(13)23-17)20-16(22)5-7-21-8-6-19-11-21;;/h3-4,6,8-9,11,14H,5,7,10,18H2,1-2H3,(H,20,22);2*1H. The number of benzene rings is 1. The summed E-state index contributed by atoms with van der Waals surface area (Å²) in [7, 11) is 0. The lowest BCUT2D eigenvalue weighted by atomic mass is 9.89. The van der Waals surface area contributed by atoms with Crippen LogP contribution in [-0.2, 0) is 11.3 Å². The molecule has 3 N–H and O–H groups in total. The summed E-state index contributed by atoms with van der Waals surface area (Å²) in [4.78, 5) is 16.3. The van der Waals surface area contributed by atoms with Crippen LogP contribution in [-0.4, -0.2) is 21.1 Å². The van der Waals surface area contributed by atoms with Crippen molar-refractivity contribution in [2.24, 2.45) is 0 Å². The third-order valence-corrected chi connectivity index (χ3v) is 3.98. The summed E-state index contributed by atoms with van der Waals surface area (Å²) < 4.78 is 7.87. The SMILES string of the molecule is CC1(C)CC(NC(=O)CCn2ccnc2)c2cc(N)ccc2O1.Cl.Cl. The normalized spacial score (nSPS) is 17.3. The van der Waals surface area contributed by atoms with Crippen molar-refractivity contribution < 1.29 is 9.53 Å². The van der Waals surface area contributed by atoms with Crippen molar-refractivity contribution in [3.05, 3.63) is 42.5 Å². The van der Waals surface area contributed by atoms with Gasteiger partial charge in [0.2, 0.25) is 5.91 Å². The first-order valence-corrected chi connectivity index (χ1v) is 7.76. The summed E-state index contributed by atoms with van der Waals surface area (Å²) in [6, 6.07) is 5.48. The fraction of sp³-hybridized carbons (Fsp3) is 0.412. The molecular weight excluding hydrogens is 363 g/mol. The van der Waals surface area contributed by atoms with Gasteiger partial charge in [-0.15, -0.1) is 24.8 Å². The number of nitrogens with two attached hydrogens (primary N) is 1. The number of hydrogen-bond donors (Lipinski definition) is 2. The van der Waals surface area contributed by atoms with E-state index in [4.69, 9.17) is 10.5 Å². The van der Waals surface area contributed by atoms with Gasteiger partial charge in [-0.2, -0.15) is 0 Å². The number of rotatable bonds is 4. The van der Waals surface area contributed by atoms with Gasteiger partial charge < -0.3 is 20.4 Å². The Morgan fingerprint density at radius 3 is 2.88 bits per heavy atom. The molecule has 6 nitrogen and oxygen atoms in total. The second-order valence-corrected chi connectivity index (χ2v) is 6.53. The van der Waals surface area contributed by atoms with Gasteiger partial charge in [0.15, 0.2) is 0 Å². The minimum absolute atomic E-state index is 0. The maximum absolute atomic E-state index is 12.3. The van der Waals surface area contributed by atoms with E-state index in [0.717, 1.165) is 11.3 Å². The number of ether oxygens (including phenoxy) is 1. The number of nitrogens with one attached hydrogen (secondary N) is 1. The van der Waals surface area contributed by atoms with E-state index in [2.05, 4.69) is 10.3 Å². The summed E-state index contributed by atoms with van der Waals surface area (Å²) in [6.07, 6.45) is 6.38. The molecule has 1 aromatic carbocycles. The average Bonchev–Trinajstić information content (AvgIpc) is 2.98. The van der Waals surface area contributed by atoms with Crippen LogP contribution in [0.15, 0.2) is 36.9 Å². The van der Waals surface area contributed by atoms with Crippen molar-refractivity contribution in [2.45, 2.75) is 44.9 Å². The summed E-state index contributed by atoms with van der Waals surface area (Å²) in [5.74, 6) is 0.796. The second-order valence-electron chi connectivity index (χ2n) is 6.53. The van der Waals surface area contributed by atoms with Crippen LogP contribution in [0.1, 0.15) is 38.3 Å². The number of carbonyl (C=O) groups excluding carboxylic acids is 1. The Morgan fingerprint density at radius 1 is 1.44 bits per heavy atom. The van der Waals surface area contributed by atoms with Crippen LogP contribution in [0, 0.1) is 0 Å². The molecule has 1 aliphatic rings. The maximum Gasteiger partial charge on any atom is 0.222 e. The molecule has 138 valence electrons. The van der Waals surface area contributed by atoms with Gasteiger partial charge in [0, 0.05) is 43.0 Å². The van der Waals surface area contributed by atoms with Crippen LogP contribution in [0.25, 0.3) is 0 Å². The summed E-state index contributed by atoms with van der Waals surface area (Å²) in [6.45, 7) is 4.66. The average molecular weight is 387 g/mol. The zero-order chi connectivity index (χ0) is 16.4. The molecule has 0 bridgehead atoms. The monoisotopic (exact) mass is 386 g/mol. The number of aromatic nitrogens is 2. The van der Waals surface area contributed by atoms with E-state index in [1.807, 2.05) is 42.8 Å². The number of aryl methyl sites for hydroxylation is 1. The molecule has 2 aromatic rings. The molecule has 1 amide bonds. The number of halogens is 2.